The first kappa shape index (κ1) is 11.9. The Labute approximate surface area is 104 Å². The highest BCUT2D eigenvalue weighted by Gasteiger charge is 1.96. The van der Waals surface area contributed by atoms with Crippen LogP contribution in [0.3, 0.4) is 0 Å². The van der Waals surface area contributed by atoms with Crippen LogP contribution in [0.25, 0.3) is 0 Å². The van der Waals surface area contributed by atoms with Crippen molar-refractivity contribution >= 4 is 0 Å². The summed E-state index contributed by atoms with van der Waals surface area (Å²) >= 11 is 0. The van der Waals surface area contributed by atoms with Gasteiger partial charge in [-0.05, 0) is 42.4 Å². The summed E-state index contributed by atoms with van der Waals surface area (Å²) in [4.78, 5) is 0. The van der Waals surface area contributed by atoms with Crippen LogP contribution in [0.5, 0.6) is 0 Å². The molecule has 0 aliphatic carbocycles. The van der Waals surface area contributed by atoms with Crippen molar-refractivity contribution in [2.75, 3.05) is 0 Å². The van der Waals surface area contributed by atoms with Crippen LogP contribution in [0, 0.1) is 6.92 Å². The lowest BCUT2D eigenvalue weighted by molar-refractivity contribution is 0.950. The topological polar surface area (TPSA) is 0 Å². The van der Waals surface area contributed by atoms with E-state index in [1.807, 2.05) is 0 Å². The van der Waals surface area contributed by atoms with Gasteiger partial charge in [-0.2, -0.15) is 0 Å². The summed E-state index contributed by atoms with van der Waals surface area (Å²) in [6, 6.07) is 19.6. The van der Waals surface area contributed by atoms with Gasteiger partial charge in [0.15, 0.2) is 0 Å². The SMILES string of the molecule is [CH2]CCc1ccc(CCc2ccccc2)cc1. The van der Waals surface area contributed by atoms with E-state index in [0.29, 0.717) is 0 Å². The van der Waals surface area contributed by atoms with E-state index in [1.54, 1.807) is 0 Å². The Morgan fingerprint density at radius 2 is 1.06 bits per heavy atom. The summed E-state index contributed by atoms with van der Waals surface area (Å²) in [5.41, 5.74) is 4.22. The molecular weight excluding hydrogens is 204 g/mol. The van der Waals surface area contributed by atoms with Crippen LogP contribution in [-0.4, -0.2) is 0 Å². The first-order valence-electron chi connectivity index (χ1n) is 6.29. The van der Waals surface area contributed by atoms with Gasteiger partial charge in [-0.25, -0.2) is 0 Å². The Kier molecular flexibility index (Phi) is 4.37. The smallest absolute Gasteiger partial charge is 0.0238 e. The van der Waals surface area contributed by atoms with E-state index in [2.05, 4.69) is 61.5 Å². The number of aryl methyl sites for hydroxylation is 3. The molecular formula is C17H19. The molecule has 0 fully saturated rings. The maximum absolute atomic E-state index is 3.88. The third-order valence-corrected chi connectivity index (χ3v) is 3.03. The molecule has 17 heavy (non-hydrogen) atoms. The van der Waals surface area contributed by atoms with Crippen LogP contribution in [0.1, 0.15) is 23.1 Å². The van der Waals surface area contributed by atoms with E-state index in [0.717, 1.165) is 25.7 Å². The number of rotatable bonds is 5. The fourth-order valence-electron chi connectivity index (χ4n) is 2.01. The van der Waals surface area contributed by atoms with Crippen molar-refractivity contribution in [3.8, 4) is 0 Å². The van der Waals surface area contributed by atoms with E-state index >= 15 is 0 Å². The largest absolute Gasteiger partial charge is 0.0622 e. The zero-order valence-corrected chi connectivity index (χ0v) is 10.2. The first-order valence-corrected chi connectivity index (χ1v) is 6.29. The standard InChI is InChI=1S/C17H19/c1-2-6-15-9-12-17(13-10-15)14-11-16-7-4-3-5-8-16/h3-5,7-10,12-13H,1-2,6,11,14H2. The van der Waals surface area contributed by atoms with Crippen molar-refractivity contribution in [1.82, 2.24) is 0 Å². The van der Waals surface area contributed by atoms with Crippen molar-refractivity contribution in [1.29, 1.82) is 0 Å². The molecule has 0 aliphatic heterocycles. The van der Waals surface area contributed by atoms with E-state index in [1.165, 1.54) is 16.7 Å². The highest BCUT2D eigenvalue weighted by molar-refractivity contribution is 5.24. The molecule has 0 spiro atoms. The molecule has 2 rings (SSSR count). The molecule has 0 heterocycles. The highest BCUT2D eigenvalue weighted by Crippen LogP contribution is 2.10. The van der Waals surface area contributed by atoms with Crippen molar-refractivity contribution in [2.24, 2.45) is 0 Å². The van der Waals surface area contributed by atoms with Gasteiger partial charge in [0.05, 0.1) is 0 Å². The molecule has 2 aromatic rings. The van der Waals surface area contributed by atoms with Gasteiger partial charge in [0.2, 0.25) is 0 Å². The lowest BCUT2D eigenvalue weighted by atomic mass is 10.0. The quantitative estimate of drug-likeness (QED) is 0.711. The third kappa shape index (κ3) is 3.74. The fourth-order valence-corrected chi connectivity index (χ4v) is 2.01. The molecule has 0 aliphatic rings. The molecule has 0 unspecified atom stereocenters. The molecule has 0 saturated carbocycles. The van der Waals surface area contributed by atoms with Crippen LogP contribution >= 0.6 is 0 Å². The molecule has 0 aromatic heterocycles. The Morgan fingerprint density at radius 3 is 1.59 bits per heavy atom. The molecule has 0 atom stereocenters. The predicted octanol–water partition coefficient (Wildman–Crippen LogP) is 4.24. The van der Waals surface area contributed by atoms with Gasteiger partial charge in [-0.3, -0.25) is 0 Å². The van der Waals surface area contributed by atoms with Crippen LogP contribution < -0.4 is 0 Å². The molecule has 2 aromatic carbocycles. The average Bonchev–Trinajstić information content (AvgIpc) is 2.40. The van der Waals surface area contributed by atoms with Gasteiger partial charge in [0.1, 0.15) is 0 Å². The molecule has 0 nitrogen and oxygen atoms in total. The van der Waals surface area contributed by atoms with Gasteiger partial charge < -0.3 is 0 Å². The normalized spacial score (nSPS) is 10.4. The molecule has 0 saturated heterocycles. The highest BCUT2D eigenvalue weighted by atomic mass is 14.0. The maximum Gasteiger partial charge on any atom is -0.0238 e. The lowest BCUT2D eigenvalue weighted by Gasteiger charge is -2.04. The van der Waals surface area contributed by atoms with Crippen LogP contribution in [-0.2, 0) is 19.3 Å². The molecule has 0 heteroatoms. The summed E-state index contributed by atoms with van der Waals surface area (Å²) in [6.07, 6.45) is 4.30. The number of benzene rings is 2. The Bertz CT molecular complexity index is 425. The minimum absolute atomic E-state index is 0.976. The Balaban J connectivity index is 1.91. The monoisotopic (exact) mass is 223 g/mol. The second-order valence-electron chi connectivity index (χ2n) is 4.41. The minimum Gasteiger partial charge on any atom is -0.0622 e. The Morgan fingerprint density at radius 1 is 0.588 bits per heavy atom. The average molecular weight is 223 g/mol. The van der Waals surface area contributed by atoms with Gasteiger partial charge in [-0.15, -0.1) is 0 Å². The molecule has 0 bridgehead atoms. The zero-order chi connectivity index (χ0) is 11.9. The summed E-state index contributed by atoms with van der Waals surface area (Å²) in [5, 5.41) is 0. The summed E-state index contributed by atoms with van der Waals surface area (Å²) < 4.78 is 0. The van der Waals surface area contributed by atoms with Crippen molar-refractivity contribution in [3.05, 3.63) is 78.2 Å². The van der Waals surface area contributed by atoms with Crippen LogP contribution in [0.15, 0.2) is 54.6 Å². The number of hydrogen-bond donors (Lipinski definition) is 0. The van der Waals surface area contributed by atoms with E-state index < -0.39 is 0 Å². The lowest BCUT2D eigenvalue weighted by Crippen LogP contribution is -1.91. The van der Waals surface area contributed by atoms with Gasteiger partial charge in [0.25, 0.3) is 0 Å². The molecule has 0 amide bonds. The molecule has 0 N–H and O–H groups in total. The van der Waals surface area contributed by atoms with Crippen molar-refractivity contribution in [2.45, 2.75) is 25.7 Å². The zero-order valence-electron chi connectivity index (χ0n) is 10.2. The van der Waals surface area contributed by atoms with Crippen LogP contribution in [0.4, 0.5) is 0 Å². The van der Waals surface area contributed by atoms with E-state index in [-0.39, 0.29) is 0 Å². The first-order chi connectivity index (χ1) is 8.38. The fraction of sp³-hybridized carbons (Fsp3) is 0.235. The summed E-state index contributed by atoms with van der Waals surface area (Å²) in [7, 11) is 0. The second kappa shape index (κ2) is 6.24. The third-order valence-electron chi connectivity index (χ3n) is 3.03. The second-order valence-corrected chi connectivity index (χ2v) is 4.41. The maximum atomic E-state index is 3.88. The predicted molar refractivity (Wildman–Crippen MR) is 74.0 cm³/mol. The number of hydrogen-bond acceptors (Lipinski definition) is 0. The van der Waals surface area contributed by atoms with Gasteiger partial charge in [0, 0.05) is 0 Å². The van der Waals surface area contributed by atoms with Crippen molar-refractivity contribution < 1.29 is 0 Å². The molecule has 1 radical (unpaired) electrons. The van der Waals surface area contributed by atoms with Crippen LogP contribution in [0.2, 0.25) is 0 Å². The Hall–Kier alpha value is -1.56. The summed E-state index contributed by atoms with van der Waals surface area (Å²) in [6.45, 7) is 3.88. The van der Waals surface area contributed by atoms with Gasteiger partial charge in [-0.1, -0.05) is 61.5 Å². The molecule has 87 valence electrons. The van der Waals surface area contributed by atoms with E-state index in [9.17, 15) is 0 Å². The minimum atomic E-state index is 0.976. The summed E-state index contributed by atoms with van der Waals surface area (Å²) in [5.74, 6) is 0. The van der Waals surface area contributed by atoms with Gasteiger partial charge >= 0.3 is 0 Å². The van der Waals surface area contributed by atoms with E-state index in [4.69, 9.17) is 0 Å². The van der Waals surface area contributed by atoms with Crippen molar-refractivity contribution in [3.63, 3.8) is 0 Å².